The van der Waals surface area contributed by atoms with E-state index in [4.69, 9.17) is 4.42 Å². The fourth-order valence-corrected chi connectivity index (χ4v) is 6.32. The fraction of sp³-hybridized carbons (Fsp3) is 0.457. The number of rotatable bonds is 10. The number of nitrogens with zero attached hydrogens (tertiary/aromatic N) is 1. The SMILES string of the molecule is CC1(C)C2CCCC1C2.CNC(=O)Cn1cccc(NC(=O)C(CC/C=C/C(=O)OC)NC(=O)c2oc3ccccc3c2C)c1=O. The van der Waals surface area contributed by atoms with E-state index in [9.17, 15) is 24.0 Å². The first-order valence-corrected chi connectivity index (χ1v) is 15.7. The van der Waals surface area contributed by atoms with E-state index in [1.54, 1.807) is 25.5 Å². The van der Waals surface area contributed by atoms with Crippen LogP contribution in [0.1, 0.15) is 68.5 Å². The summed E-state index contributed by atoms with van der Waals surface area (Å²) in [5, 5.41) is 8.40. The number of para-hydroxylation sites is 1. The molecule has 3 saturated carbocycles. The van der Waals surface area contributed by atoms with Crippen molar-refractivity contribution in [3.05, 3.63) is 76.4 Å². The van der Waals surface area contributed by atoms with E-state index < -0.39 is 29.4 Å². The second kappa shape index (κ2) is 15.1. The number of likely N-dealkylation sites (N-methyl/N-ethyl adjacent to an activating group) is 1. The number of carbonyl (C=O) groups excluding carboxylic acids is 4. The Hall–Kier alpha value is -4.67. The number of amides is 3. The summed E-state index contributed by atoms with van der Waals surface area (Å²) in [6.45, 7) is 6.42. The molecule has 11 nitrogen and oxygen atoms in total. The number of esters is 1. The summed E-state index contributed by atoms with van der Waals surface area (Å²) in [4.78, 5) is 62.0. The zero-order chi connectivity index (χ0) is 33.4. The lowest BCUT2D eigenvalue weighted by Crippen LogP contribution is -2.47. The Bertz CT molecular complexity index is 1650. The van der Waals surface area contributed by atoms with Gasteiger partial charge >= 0.3 is 5.97 Å². The first-order valence-electron chi connectivity index (χ1n) is 15.7. The lowest BCUT2D eigenvalue weighted by atomic mass is 9.49. The number of hydrogen-bond acceptors (Lipinski definition) is 7. The van der Waals surface area contributed by atoms with Gasteiger partial charge in [-0.15, -0.1) is 0 Å². The molecular weight excluding hydrogens is 588 g/mol. The van der Waals surface area contributed by atoms with Crippen molar-refractivity contribution in [3.63, 3.8) is 0 Å². The van der Waals surface area contributed by atoms with Gasteiger partial charge in [0, 0.05) is 30.3 Å². The third-order valence-electron chi connectivity index (χ3n) is 9.40. The number of aryl methyl sites for hydroxylation is 1. The Kier molecular flexibility index (Phi) is 11.2. The molecule has 2 bridgehead atoms. The number of pyridine rings is 1. The van der Waals surface area contributed by atoms with E-state index >= 15 is 0 Å². The van der Waals surface area contributed by atoms with E-state index in [1.807, 2.05) is 12.1 Å². The van der Waals surface area contributed by atoms with Crippen molar-refractivity contribution in [2.75, 3.05) is 19.5 Å². The maximum Gasteiger partial charge on any atom is 0.330 e. The van der Waals surface area contributed by atoms with Crippen LogP contribution >= 0.6 is 0 Å². The maximum absolute atomic E-state index is 13.2. The van der Waals surface area contributed by atoms with E-state index in [0.717, 1.165) is 27.2 Å². The first kappa shape index (κ1) is 34.2. The molecule has 0 spiro atoms. The van der Waals surface area contributed by atoms with Crippen LogP contribution in [0.2, 0.25) is 0 Å². The van der Waals surface area contributed by atoms with Crippen molar-refractivity contribution in [2.24, 2.45) is 17.3 Å². The highest BCUT2D eigenvalue weighted by molar-refractivity contribution is 6.03. The summed E-state index contributed by atoms with van der Waals surface area (Å²) in [6, 6.07) is 9.02. The Morgan fingerprint density at radius 1 is 1.11 bits per heavy atom. The molecule has 0 aliphatic heterocycles. The number of methoxy groups -OCH3 is 1. The minimum atomic E-state index is -1.07. The highest BCUT2D eigenvalue weighted by Gasteiger charge is 2.49. The van der Waals surface area contributed by atoms with Gasteiger partial charge in [0.25, 0.3) is 11.5 Å². The minimum Gasteiger partial charge on any atom is -0.466 e. The van der Waals surface area contributed by atoms with Gasteiger partial charge in [0.1, 0.15) is 23.9 Å². The van der Waals surface area contributed by atoms with E-state index in [-0.39, 0.29) is 36.7 Å². The molecule has 3 aliphatic carbocycles. The molecule has 2 heterocycles. The predicted molar refractivity (Wildman–Crippen MR) is 175 cm³/mol. The summed E-state index contributed by atoms with van der Waals surface area (Å²) in [7, 11) is 2.69. The average molecular weight is 633 g/mol. The monoisotopic (exact) mass is 632 g/mol. The molecule has 3 fully saturated rings. The lowest BCUT2D eigenvalue weighted by molar-refractivity contribution is -0.134. The molecule has 2 aromatic heterocycles. The van der Waals surface area contributed by atoms with Gasteiger partial charge in [-0.2, -0.15) is 0 Å². The van der Waals surface area contributed by atoms with Crippen LogP contribution in [0.4, 0.5) is 5.69 Å². The molecule has 246 valence electrons. The second-order valence-corrected chi connectivity index (χ2v) is 12.5. The van der Waals surface area contributed by atoms with Crippen molar-refractivity contribution >= 4 is 40.3 Å². The molecule has 3 unspecified atom stereocenters. The van der Waals surface area contributed by atoms with Gasteiger partial charge in [-0.3, -0.25) is 19.2 Å². The van der Waals surface area contributed by atoms with Crippen LogP contribution in [-0.2, 0) is 25.7 Å². The number of anilines is 1. The van der Waals surface area contributed by atoms with Crippen LogP contribution in [0.15, 0.2) is 64.0 Å². The molecule has 3 amide bonds. The maximum atomic E-state index is 13.2. The van der Waals surface area contributed by atoms with Gasteiger partial charge in [-0.05, 0) is 74.5 Å². The molecule has 46 heavy (non-hydrogen) atoms. The summed E-state index contributed by atoms with van der Waals surface area (Å²) in [6.07, 6.45) is 10.6. The molecule has 0 saturated heterocycles. The highest BCUT2D eigenvalue weighted by Crippen LogP contribution is 2.58. The van der Waals surface area contributed by atoms with Gasteiger partial charge in [-0.1, -0.05) is 44.5 Å². The van der Waals surface area contributed by atoms with Gasteiger partial charge in [-0.25, -0.2) is 4.79 Å². The molecule has 3 aliphatic rings. The summed E-state index contributed by atoms with van der Waals surface area (Å²) >= 11 is 0. The fourth-order valence-electron chi connectivity index (χ4n) is 6.32. The summed E-state index contributed by atoms with van der Waals surface area (Å²) in [5.41, 5.74) is 1.26. The van der Waals surface area contributed by atoms with Crippen LogP contribution in [-0.4, -0.2) is 48.5 Å². The number of hydrogen-bond donors (Lipinski definition) is 3. The zero-order valence-electron chi connectivity index (χ0n) is 27.2. The Morgan fingerprint density at radius 2 is 1.83 bits per heavy atom. The molecule has 6 rings (SSSR count). The smallest absolute Gasteiger partial charge is 0.330 e. The van der Waals surface area contributed by atoms with Gasteiger partial charge < -0.3 is 29.7 Å². The van der Waals surface area contributed by atoms with Gasteiger partial charge in [0.05, 0.1) is 7.11 Å². The third kappa shape index (κ3) is 7.94. The van der Waals surface area contributed by atoms with Crippen LogP contribution in [0, 0.1) is 24.2 Å². The molecule has 3 N–H and O–H groups in total. The quantitative estimate of drug-likeness (QED) is 0.216. The van der Waals surface area contributed by atoms with Crippen molar-refractivity contribution in [2.45, 2.75) is 71.9 Å². The summed E-state index contributed by atoms with van der Waals surface area (Å²) < 4.78 is 11.4. The standard InChI is InChI=1S/C26H28N4O7.C9H16/c1-16-17-9-4-6-12-20(17)37-23(16)25(34)28-18(10-5-7-13-22(32)36-3)24(33)29-19-11-8-14-30(26(19)35)15-21(31)27-2;1-9(2)7-4-3-5-8(9)6-7/h4,6-9,11-14,18H,5,10,15H2,1-3H3,(H,27,31)(H,28,34)(H,29,33);7-8H,3-6H2,1-2H3/b13-7+;. The van der Waals surface area contributed by atoms with Gasteiger partial charge in [0.2, 0.25) is 11.8 Å². The molecule has 3 atom stereocenters. The Balaban J connectivity index is 0.000000451. The largest absolute Gasteiger partial charge is 0.466 e. The van der Waals surface area contributed by atoms with Gasteiger partial charge in [0.15, 0.2) is 5.76 Å². The van der Waals surface area contributed by atoms with Crippen LogP contribution in [0.3, 0.4) is 0 Å². The third-order valence-corrected chi connectivity index (χ3v) is 9.40. The molecule has 3 aromatic rings. The van der Waals surface area contributed by atoms with Crippen molar-refractivity contribution < 1.29 is 28.3 Å². The highest BCUT2D eigenvalue weighted by atomic mass is 16.5. The number of fused-ring (bicyclic) bond motifs is 3. The summed E-state index contributed by atoms with van der Waals surface area (Å²) in [5.74, 6) is 0.0710. The number of allylic oxidation sites excluding steroid dienone is 1. The number of nitrogens with one attached hydrogen (secondary N) is 3. The Morgan fingerprint density at radius 3 is 2.43 bits per heavy atom. The first-order chi connectivity index (χ1) is 22.0. The number of ether oxygens (including phenoxy) is 1. The van der Waals surface area contributed by atoms with Crippen LogP contribution < -0.4 is 21.5 Å². The van der Waals surface area contributed by atoms with Crippen molar-refractivity contribution in [1.29, 1.82) is 0 Å². The van der Waals surface area contributed by atoms with E-state index in [2.05, 4.69) is 34.5 Å². The number of aromatic nitrogens is 1. The molecule has 0 radical (unpaired) electrons. The number of benzene rings is 1. The predicted octanol–water partition coefficient (Wildman–Crippen LogP) is 4.73. The molecule has 1 aromatic carbocycles. The second-order valence-electron chi connectivity index (χ2n) is 12.5. The normalized spacial score (nSPS) is 18.5. The Labute approximate surface area is 268 Å². The minimum absolute atomic E-state index is 0.0549. The lowest BCUT2D eigenvalue weighted by Gasteiger charge is -2.56. The molecular formula is C35H44N4O7. The average Bonchev–Trinajstić information content (AvgIpc) is 3.40. The zero-order valence-corrected chi connectivity index (χ0v) is 27.2. The topological polar surface area (TPSA) is 149 Å². The molecule has 11 heteroatoms. The van der Waals surface area contributed by atoms with Crippen molar-refractivity contribution in [3.8, 4) is 0 Å². The van der Waals surface area contributed by atoms with E-state index in [1.165, 1.54) is 63.9 Å². The number of carbonyl (C=O) groups is 4. The van der Waals surface area contributed by atoms with Crippen LogP contribution in [0.25, 0.3) is 11.0 Å². The van der Waals surface area contributed by atoms with E-state index in [0.29, 0.717) is 11.1 Å². The number of furan rings is 1. The van der Waals surface area contributed by atoms with Crippen LogP contribution in [0.5, 0.6) is 0 Å². The van der Waals surface area contributed by atoms with Crippen molar-refractivity contribution in [1.82, 2.24) is 15.2 Å².